The minimum atomic E-state index is -0.0670. The van der Waals surface area contributed by atoms with Crippen LogP contribution < -0.4 is 5.32 Å². The normalized spacial score (nSPS) is 10.7. The SMILES string of the molecule is Cc1nn(C)c(C)c1C(=O)NCc1cc(Br)cs1. The standard InChI is InChI=1S/C12H14BrN3OS/c1-7-11(8(2)16(3)15-7)12(17)14-5-10-4-9(13)6-18-10/h4,6H,5H2,1-3H3,(H,14,17). The van der Waals surface area contributed by atoms with Crippen molar-refractivity contribution in [3.05, 3.63) is 37.7 Å². The predicted molar refractivity (Wildman–Crippen MR) is 75.9 cm³/mol. The molecular weight excluding hydrogens is 314 g/mol. The summed E-state index contributed by atoms with van der Waals surface area (Å²) >= 11 is 5.01. The van der Waals surface area contributed by atoms with Crippen molar-refractivity contribution in [2.24, 2.45) is 7.05 Å². The van der Waals surface area contributed by atoms with Crippen molar-refractivity contribution in [3.63, 3.8) is 0 Å². The van der Waals surface area contributed by atoms with Gasteiger partial charge in [0.1, 0.15) is 0 Å². The number of amides is 1. The summed E-state index contributed by atoms with van der Waals surface area (Å²) in [7, 11) is 1.84. The Hall–Kier alpha value is -1.14. The van der Waals surface area contributed by atoms with Crippen LogP contribution in [0.3, 0.4) is 0 Å². The van der Waals surface area contributed by atoms with Gasteiger partial charge in [-0.25, -0.2) is 0 Å². The smallest absolute Gasteiger partial charge is 0.255 e. The molecule has 4 nitrogen and oxygen atoms in total. The Morgan fingerprint density at radius 1 is 1.56 bits per heavy atom. The molecule has 0 saturated heterocycles. The van der Waals surface area contributed by atoms with Crippen molar-refractivity contribution in [1.82, 2.24) is 15.1 Å². The first-order chi connectivity index (χ1) is 8.49. The number of hydrogen-bond acceptors (Lipinski definition) is 3. The number of nitrogens with zero attached hydrogens (tertiary/aromatic N) is 2. The van der Waals surface area contributed by atoms with Gasteiger partial charge in [0.05, 0.1) is 17.8 Å². The van der Waals surface area contributed by atoms with Gasteiger partial charge in [0.15, 0.2) is 0 Å². The highest BCUT2D eigenvalue weighted by molar-refractivity contribution is 9.10. The fourth-order valence-electron chi connectivity index (χ4n) is 1.80. The highest BCUT2D eigenvalue weighted by atomic mass is 79.9. The van der Waals surface area contributed by atoms with Gasteiger partial charge >= 0.3 is 0 Å². The summed E-state index contributed by atoms with van der Waals surface area (Å²) in [6.45, 7) is 4.29. The molecule has 0 fully saturated rings. The summed E-state index contributed by atoms with van der Waals surface area (Å²) < 4.78 is 2.77. The largest absolute Gasteiger partial charge is 0.347 e. The number of halogens is 1. The number of rotatable bonds is 3. The van der Waals surface area contributed by atoms with Crippen LogP contribution in [0.15, 0.2) is 15.9 Å². The maximum atomic E-state index is 12.1. The zero-order valence-electron chi connectivity index (χ0n) is 10.5. The molecule has 18 heavy (non-hydrogen) atoms. The lowest BCUT2D eigenvalue weighted by atomic mass is 10.2. The number of hydrogen-bond donors (Lipinski definition) is 1. The maximum absolute atomic E-state index is 12.1. The Bertz CT molecular complexity index is 588. The van der Waals surface area contributed by atoms with Crippen LogP contribution in [-0.2, 0) is 13.6 Å². The topological polar surface area (TPSA) is 46.9 Å². The lowest BCUT2D eigenvalue weighted by Crippen LogP contribution is -2.23. The molecule has 0 aliphatic rings. The van der Waals surface area contributed by atoms with E-state index in [4.69, 9.17) is 0 Å². The third-order valence-corrected chi connectivity index (χ3v) is 4.48. The summed E-state index contributed by atoms with van der Waals surface area (Å²) in [6.07, 6.45) is 0. The highest BCUT2D eigenvalue weighted by Gasteiger charge is 2.16. The number of carbonyl (C=O) groups excluding carboxylic acids is 1. The lowest BCUT2D eigenvalue weighted by molar-refractivity contribution is 0.0950. The van der Waals surface area contributed by atoms with E-state index in [9.17, 15) is 4.79 Å². The van der Waals surface area contributed by atoms with Gasteiger partial charge in [-0.2, -0.15) is 5.10 Å². The van der Waals surface area contributed by atoms with Crippen molar-refractivity contribution in [2.75, 3.05) is 0 Å². The molecule has 2 heterocycles. The fraction of sp³-hybridized carbons (Fsp3) is 0.333. The monoisotopic (exact) mass is 327 g/mol. The molecule has 0 bridgehead atoms. The molecule has 0 atom stereocenters. The number of aromatic nitrogens is 2. The minimum absolute atomic E-state index is 0.0670. The third kappa shape index (κ3) is 2.64. The predicted octanol–water partition coefficient (Wildman–Crippen LogP) is 2.79. The van der Waals surface area contributed by atoms with Crippen LogP contribution in [-0.4, -0.2) is 15.7 Å². The van der Waals surface area contributed by atoms with Crippen LogP contribution in [0, 0.1) is 13.8 Å². The number of thiophene rings is 1. The molecule has 0 radical (unpaired) electrons. The number of carbonyl (C=O) groups is 1. The van der Waals surface area contributed by atoms with Crippen LogP contribution >= 0.6 is 27.3 Å². The molecule has 0 aliphatic carbocycles. The Balaban J connectivity index is 2.08. The molecule has 2 rings (SSSR count). The summed E-state index contributed by atoms with van der Waals surface area (Å²) in [5, 5.41) is 9.16. The number of aryl methyl sites for hydroxylation is 2. The Morgan fingerprint density at radius 2 is 2.28 bits per heavy atom. The van der Waals surface area contributed by atoms with E-state index >= 15 is 0 Å². The second-order valence-corrected chi connectivity index (χ2v) is 5.99. The van der Waals surface area contributed by atoms with Gasteiger partial charge in [-0.3, -0.25) is 9.48 Å². The minimum Gasteiger partial charge on any atom is -0.347 e. The van der Waals surface area contributed by atoms with E-state index in [1.165, 1.54) is 0 Å². The van der Waals surface area contributed by atoms with E-state index in [-0.39, 0.29) is 5.91 Å². The maximum Gasteiger partial charge on any atom is 0.255 e. The molecule has 0 saturated carbocycles. The summed E-state index contributed by atoms with van der Waals surface area (Å²) in [5.41, 5.74) is 2.32. The first kappa shape index (κ1) is 13.3. The molecular formula is C12H14BrN3OS. The molecule has 2 aromatic rings. The van der Waals surface area contributed by atoms with Gasteiger partial charge in [-0.05, 0) is 35.8 Å². The fourth-order valence-corrected chi connectivity index (χ4v) is 3.20. The van der Waals surface area contributed by atoms with Crippen LogP contribution in [0.5, 0.6) is 0 Å². The van der Waals surface area contributed by atoms with Gasteiger partial charge in [0, 0.05) is 27.5 Å². The van der Waals surface area contributed by atoms with Gasteiger partial charge in [-0.15, -0.1) is 11.3 Å². The second kappa shape index (κ2) is 5.24. The molecule has 0 aliphatic heterocycles. The van der Waals surface area contributed by atoms with Crippen molar-refractivity contribution < 1.29 is 4.79 Å². The van der Waals surface area contributed by atoms with E-state index in [0.29, 0.717) is 12.1 Å². The van der Waals surface area contributed by atoms with E-state index in [1.54, 1.807) is 16.0 Å². The number of nitrogens with one attached hydrogen (secondary N) is 1. The quantitative estimate of drug-likeness (QED) is 0.942. The van der Waals surface area contributed by atoms with Gasteiger partial charge < -0.3 is 5.32 Å². The van der Waals surface area contributed by atoms with Crippen LogP contribution in [0.1, 0.15) is 26.6 Å². The first-order valence-corrected chi connectivity index (χ1v) is 7.17. The van der Waals surface area contributed by atoms with Crippen molar-refractivity contribution >= 4 is 33.2 Å². The Morgan fingerprint density at radius 3 is 2.78 bits per heavy atom. The molecule has 1 N–H and O–H groups in total. The van der Waals surface area contributed by atoms with Crippen molar-refractivity contribution in [3.8, 4) is 0 Å². The van der Waals surface area contributed by atoms with Crippen LogP contribution in [0.25, 0.3) is 0 Å². The molecule has 0 spiro atoms. The zero-order chi connectivity index (χ0) is 13.3. The van der Waals surface area contributed by atoms with Gasteiger partial charge in [-0.1, -0.05) is 0 Å². The Kier molecular flexibility index (Phi) is 3.87. The van der Waals surface area contributed by atoms with Crippen molar-refractivity contribution in [2.45, 2.75) is 20.4 Å². The van der Waals surface area contributed by atoms with Gasteiger partial charge in [0.25, 0.3) is 5.91 Å². The van der Waals surface area contributed by atoms with Crippen LogP contribution in [0.2, 0.25) is 0 Å². The van der Waals surface area contributed by atoms with E-state index in [2.05, 4.69) is 26.3 Å². The third-order valence-electron chi connectivity index (χ3n) is 2.78. The Labute approximate surface area is 118 Å². The summed E-state index contributed by atoms with van der Waals surface area (Å²) in [6, 6.07) is 2.01. The lowest BCUT2D eigenvalue weighted by Gasteiger charge is -2.04. The van der Waals surface area contributed by atoms with E-state index < -0.39 is 0 Å². The van der Waals surface area contributed by atoms with Crippen molar-refractivity contribution in [1.29, 1.82) is 0 Å². The molecule has 2 aromatic heterocycles. The average Bonchev–Trinajstić information content (AvgIpc) is 2.82. The highest BCUT2D eigenvalue weighted by Crippen LogP contribution is 2.19. The van der Waals surface area contributed by atoms with Crippen LogP contribution in [0.4, 0.5) is 0 Å². The summed E-state index contributed by atoms with van der Waals surface area (Å²) in [4.78, 5) is 13.2. The molecule has 0 unspecified atom stereocenters. The van der Waals surface area contributed by atoms with E-state index in [0.717, 1.165) is 20.7 Å². The first-order valence-electron chi connectivity index (χ1n) is 5.50. The molecule has 96 valence electrons. The zero-order valence-corrected chi connectivity index (χ0v) is 12.9. The molecule has 1 amide bonds. The summed E-state index contributed by atoms with van der Waals surface area (Å²) in [5.74, 6) is -0.0670. The average molecular weight is 328 g/mol. The molecule has 6 heteroatoms. The second-order valence-electron chi connectivity index (χ2n) is 4.08. The van der Waals surface area contributed by atoms with E-state index in [1.807, 2.05) is 32.3 Å². The van der Waals surface area contributed by atoms with Gasteiger partial charge in [0.2, 0.25) is 0 Å². The molecule has 0 aromatic carbocycles.